The van der Waals surface area contributed by atoms with Crippen LogP contribution in [0.5, 0.6) is 0 Å². The lowest BCUT2D eigenvalue weighted by Gasteiger charge is -2.23. The normalized spacial score (nSPS) is 12.1. The second-order valence-corrected chi connectivity index (χ2v) is 5.64. The maximum Gasteiger partial charge on any atom is 0.106 e. The molecule has 1 aromatic carbocycles. The second-order valence-electron chi connectivity index (χ2n) is 5.64. The third-order valence-corrected chi connectivity index (χ3v) is 3.43. The number of aromatic nitrogens is 2. The van der Waals surface area contributed by atoms with Crippen LogP contribution < -0.4 is 11.1 Å². The molecule has 0 aliphatic rings. The summed E-state index contributed by atoms with van der Waals surface area (Å²) in [5.74, 6) is 1.03. The molecular formula is C14H22N4. The number of imidazole rings is 1. The number of hydrogen-bond acceptors (Lipinski definition) is 3. The van der Waals surface area contributed by atoms with Crippen LogP contribution in [-0.4, -0.2) is 22.6 Å². The molecule has 0 radical (unpaired) electrons. The van der Waals surface area contributed by atoms with Crippen molar-refractivity contribution in [2.45, 2.75) is 20.8 Å². The van der Waals surface area contributed by atoms with Crippen LogP contribution in [0.2, 0.25) is 0 Å². The SMILES string of the molecule is Cc1nc2cc(NCC(C)(C)CN)ccc2n1C. The van der Waals surface area contributed by atoms with Crippen molar-refractivity contribution in [3.8, 4) is 0 Å². The molecule has 0 atom stereocenters. The van der Waals surface area contributed by atoms with E-state index >= 15 is 0 Å². The first-order valence-electron chi connectivity index (χ1n) is 6.30. The molecule has 0 amide bonds. The number of hydrogen-bond donors (Lipinski definition) is 2. The third-order valence-electron chi connectivity index (χ3n) is 3.43. The fourth-order valence-corrected chi connectivity index (χ4v) is 1.84. The molecule has 0 aliphatic carbocycles. The predicted octanol–water partition coefficient (Wildman–Crippen LogP) is 2.28. The lowest BCUT2D eigenvalue weighted by Crippen LogP contribution is -2.31. The zero-order valence-electron chi connectivity index (χ0n) is 11.6. The fraction of sp³-hybridized carbons (Fsp3) is 0.500. The maximum absolute atomic E-state index is 5.73. The van der Waals surface area contributed by atoms with Crippen LogP contribution in [0.25, 0.3) is 11.0 Å². The van der Waals surface area contributed by atoms with Crippen molar-refractivity contribution in [1.29, 1.82) is 0 Å². The van der Waals surface area contributed by atoms with Crippen LogP contribution in [0.4, 0.5) is 5.69 Å². The van der Waals surface area contributed by atoms with Gasteiger partial charge in [-0.3, -0.25) is 0 Å². The Hall–Kier alpha value is -1.55. The van der Waals surface area contributed by atoms with Crippen molar-refractivity contribution in [2.24, 2.45) is 18.2 Å². The molecule has 0 saturated heterocycles. The Bertz CT molecular complexity index is 554. The van der Waals surface area contributed by atoms with Crippen molar-refractivity contribution in [1.82, 2.24) is 9.55 Å². The Morgan fingerprint density at radius 2 is 2.11 bits per heavy atom. The molecule has 1 aromatic heterocycles. The lowest BCUT2D eigenvalue weighted by atomic mass is 9.94. The van der Waals surface area contributed by atoms with E-state index in [0.717, 1.165) is 29.1 Å². The van der Waals surface area contributed by atoms with E-state index in [1.807, 2.05) is 14.0 Å². The predicted molar refractivity (Wildman–Crippen MR) is 76.8 cm³/mol. The zero-order valence-corrected chi connectivity index (χ0v) is 11.6. The smallest absolute Gasteiger partial charge is 0.106 e. The molecule has 18 heavy (non-hydrogen) atoms. The number of fused-ring (bicyclic) bond motifs is 1. The quantitative estimate of drug-likeness (QED) is 0.870. The highest BCUT2D eigenvalue weighted by Gasteiger charge is 2.15. The molecule has 0 spiro atoms. The Kier molecular flexibility index (Phi) is 3.30. The van der Waals surface area contributed by atoms with Gasteiger partial charge in [0.05, 0.1) is 11.0 Å². The van der Waals surface area contributed by atoms with E-state index < -0.39 is 0 Å². The first-order valence-corrected chi connectivity index (χ1v) is 6.30. The largest absolute Gasteiger partial charge is 0.384 e. The van der Waals surface area contributed by atoms with Gasteiger partial charge in [0, 0.05) is 19.3 Å². The Morgan fingerprint density at radius 1 is 1.39 bits per heavy atom. The van der Waals surface area contributed by atoms with Gasteiger partial charge in [-0.1, -0.05) is 13.8 Å². The van der Waals surface area contributed by atoms with Gasteiger partial charge in [0.2, 0.25) is 0 Å². The fourth-order valence-electron chi connectivity index (χ4n) is 1.84. The minimum absolute atomic E-state index is 0.106. The summed E-state index contributed by atoms with van der Waals surface area (Å²) in [6.45, 7) is 7.86. The van der Waals surface area contributed by atoms with E-state index in [2.05, 4.69) is 46.9 Å². The Morgan fingerprint density at radius 3 is 2.78 bits per heavy atom. The van der Waals surface area contributed by atoms with Gasteiger partial charge in [0.1, 0.15) is 5.82 Å². The lowest BCUT2D eigenvalue weighted by molar-refractivity contribution is 0.406. The molecule has 0 fully saturated rings. The maximum atomic E-state index is 5.73. The van der Waals surface area contributed by atoms with E-state index in [1.54, 1.807) is 0 Å². The molecule has 0 saturated carbocycles. The van der Waals surface area contributed by atoms with Crippen LogP contribution >= 0.6 is 0 Å². The molecule has 98 valence electrons. The van der Waals surface area contributed by atoms with Gasteiger partial charge in [0.15, 0.2) is 0 Å². The second kappa shape index (κ2) is 4.61. The van der Waals surface area contributed by atoms with Crippen LogP contribution in [-0.2, 0) is 7.05 Å². The van der Waals surface area contributed by atoms with Crippen molar-refractivity contribution < 1.29 is 0 Å². The Balaban J connectivity index is 2.20. The monoisotopic (exact) mass is 246 g/mol. The number of nitrogens with zero attached hydrogens (tertiary/aromatic N) is 2. The number of nitrogens with two attached hydrogens (primary N) is 1. The highest BCUT2D eigenvalue weighted by Crippen LogP contribution is 2.21. The molecular weight excluding hydrogens is 224 g/mol. The molecule has 0 bridgehead atoms. The number of anilines is 1. The number of benzene rings is 1. The van der Waals surface area contributed by atoms with Crippen LogP contribution in [0, 0.1) is 12.3 Å². The summed E-state index contributed by atoms with van der Waals surface area (Å²) in [5, 5.41) is 3.43. The molecule has 3 N–H and O–H groups in total. The topological polar surface area (TPSA) is 55.9 Å². The van der Waals surface area contributed by atoms with E-state index in [-0.39, 0.29) is 5.41 Å². The van der Waals surface area contributed by atoms with E-state index in [9.17, 15) is 0 Å². The van der Waals surface area contributed by atoms with Gasteiger partial charge in [-0.05, 0) is 37.1 Å². The molecule has 2 aromatic rings. The van der Waals surface area contributed by atoms with E-state index in [0.29, 0.717) is 6.54 Å². The molecule has 0 unspecified atom stereocenters. The standard InChI is InChI=1S/C14H22N4/c1-10-17-12-7-11(5-6-13(12)18(10)4)16-9-14(2,3)8-15/h5-7,16H,8-9,15H2,1-4H3. The summed E-state index contributed by atoms with van der Waals surface area (Å²) in [4.78, 5) is 4.54. The zero-order chi connectivity index (χ0) is 13.3. The summed E-state index contributed by atoms with van der Waals surface area (Å²) in [6, 6.07) is 6.29. The summed E-state index contributed by atoms with van der Waals surface area (Å²) < 4.78 is 2.10. The van der Waals surface area contributed by atoms with Gasteiger partial charge in [0.25, 0.3) is 0 Å². The number of rotatable bonds is 4. The van der Waals surface area contributed by atoms with Gasteiger partial charge in [-0.25, -0.2) is 4.98 Å². The van der Waals surface area contributed by atoms with Gasteiger partial charge in [-0.15, -0.1) is 0 Å². The van der Waals surface area contributed by atoms with Crippen LogP contribution in [0.3, 0.4) is 0 Å². The molecule has 0 aliphatic heterocycles. The molecule has 1 heterocycles. The molecule has 4 nitrogen and oxygen atoms in total. The number of nitrogens with one attached hydrogen (secondary N) is 1. The van der Waals surface area contributed by atoms with Crippen molar-refractivity contribution >= 4 is 16.7 Å². The van der Waals surface area contributed by atoms with Crippen molar-refractivity contribution in [3.05, 3.63) is 24.0 Å². The van der Waals surface area contributed by atoms with Gasteiger partial charge >= 0.3 is 0 Å². The minimum atomic E-state index is 0.106. The molecule has 4 heteroatoms. The van der Waals surface area contributed by atoms with Gasteiger partial charge in [-0.2, -0.15) is 0 Å². The number of aryl methyl sites for hydroxylation is 2. The average Bonchev–Trinajstić information content (AvgIpc) is 2.62. The third kappa shape index (κ3) is 2.48. The van der Waals surface area contributed by atoms with E-state index in [4.69, 9.17) is 5.73 Å². The summed E-state index contributed by atoms with van der Waals surface area (Å²) in [7, 11) is 2.04. The highest BCUT2D eigenvalue weighted by molar-refractivity contribution is 5.80. The highest BCUT2D eigenvalue weighted by atomic mass is 15.1. The molecule has 2 rings (SSSR count). The summed E-state index contributed by atoms with van der Waals surface area (Å²) >= 11 is 0. The van der Waals surface area contributed by atoms with Crippen molar-refractivity contribution in [2.75, 3.05) is 18.4 Å². The van der Waals surface area contributed by atoms with Gasteiger partial charge < -0.3 is 15.6 Å². The first kappa shape index (κ1) is 12.9. The Labute approximate surface area is 108 Å². The van der Waals surface area contributed by atoms with Crippen LogP contribution in [0.1, 0.15) is 19.7 Å². The average molecular weight is 246 g/mol. The summed E-state index contributed by atoms with van der Waals surface area (Å²) in [6.07, 6.45) is 0. The van der Waals surface area contributed by atoms with Crippen LogP contribution in [0.15, 0.2) is 18.2 Å². The minimum Gasteiger partial charge on any atom is -0.384 e. The van der Waals surface area contributed by atoms with E-state index in [1.165, 1.54) is 0 Å². The summed E-state index contributed by atoms with van der Waals surface area (Å²) in [5.41, 5.74) is 9.13. The first-order chi connectivity index (χ1) is 8.43. The van der Waals surface area contributed by atoms with Crippen molar-refractivity contribution in [3.63, 3.8) is 0 Å².